The number of thiazole rings is 1. The number of carbonyl (C=O) groups is 3. The molecule has 180 valence electrons. The van der Waals surface area contributed by atoms with Crippen LogP contribution in [0, 0.1) is 0 Å². The number of sulfone groups is 1. The molecule has 1 aliphatic heterocycles. The summed E-state index contributed by atoms with van der Waals surface area (Å²) in [5.74, 6) is -2.03. The van der Waals surface area contributed by atoms with E-state index in [2.05, 4.69) is 15.6 Å². The van der Waals surface area contributed by atoms with Crippen molar-refractivity contribution in [1.82, 2.24) is 10.3 Å². The Labute approximate surface area is 209 Å². The van der Waals surface area contributed by atoms with Gasteiger partial charge in [-0.1, -0.05) is 24.3 Å². The van der Waals surface area contributed by atoms with Crippen LogP contribution in [0.4, 0.5) is 5.69 Å². The van der Waals surface area contributed by atoms with Crippen LogP contribution in [-0.4, -0.2) is 36.3 Å². The van der Waals surface area contributed by atoms with Crippen LogP contribution in [0.2, 0.25) is 0 Å². The SMILES string of the molecule is O=C(O)c1ccc(-c2ncc(CNC(=O)c3ccc4c(c3)NC(=O)c3ccccc3S4(=O)=O)s2)cc1. The van der Waals surface area contributed by atoms with E-state index in [0.717, 1.165) is 10.4 Å². The molecule has 1 aliphatic rings. The zero-order chi connectivity index (χ0) is 25.4. The lowest BCUT2D eigenvalue weighted by molar-refractivity contribution is 0.0696. The minimum Gasteiger partial charge on any atom is -0.478 e. The predicted molar refractivity (Wildman–Crippen MR) is 132 cm³/mol. The number of nitrogens with one attached hydrogen (secondary N) is 2. The van der Waals surface area contributed by atoms with Gasteiger partial charge < -0.3 is 15.7 Å². The van der Waals surface area contributed by atoms with E-state index < -0.39 is 27.6 Å². The number of nitrogens with zero attached hydrogens (tertiary/aromatic N) is 1. The molecule has 2 heterocycles. The Bertz CT molecular complexity index is 1640. The summed E-state index contributed by atoms with van der Waals surface area (Å²) in [4.78, 5) is 41.3. The largest absolute Gasteiger partial charge is 0.478 e. The van der Waals surface area contributed by atoms with E-state index in [-0.39, 0.29) is 38.7 Å². The fourth-order valence-electron chi connectivity index (χ4n) is 3.75. The molecule has 0 spiro atoms. The highest BCUT2D eigenvalue weighted by Gasteiger charge is 2.31. The van der Waals surface area contributed by atoms with Crippen LogP contribution in [0.5, 0.6) is 0 Å². The second-order valence-corrected chi connectivity index (χ2v) is 10.9. The van der Waals surface area contributed by atoms with Gasteiger partial charge in [0, 0.05) is 22.2 Å². The topological polar surface area (TPSA) is 143 Å². The number of hydrogen-bond donors (Lipinski definition) is 3. The third kappa shape index (κ3) is 4.25. The molecule has 36 heavy (non-hydrogen) atoms. The van der Waals surface area contributed by atoms with E-state index in [1.54, 1.807) is 30.5 Å². The Kier molecular flexibility index (Phi) is 5.86. The van der Waals surface area contributed by atoms with E-state index in [1.807, 2.05) is 0 Å². The van der Waals surface area contributed by atoms with Crippen molar-refractivity contribution >= 4 is 44.6 Å². The van der Waals surface area contributed by atoms with E-state index >= 15 is 0 Å². The van der Waals surface area contributed by atoms with Gasteiger partial charge in [0.05, 0.1) is 33.2 Å². The number of carboxylic acids is 1. The summed E-state index contributed by atoms with van der Waals surface area (Å²) in [7, 11) is -3.95. The first-order chi connectivity index (χ1) is 17.2. The van der Waals surface area contributed by atoms with Gasteiger partial charge in [-0.3, -0.25) is 9.59 Å². The van der Waals surface area contributed by atoms with Gasteiger partial charge in [0.1, 0.15) is 5.01 Å². The average molecular weight is 520 g/mol. The highest BCUT2D eigenvalue weighted by atomic mass is 32.2. The van der Waals surface area contributed by atoms with Gasteiger partial charge in [0.25, 0.3) is 11.8 Å². The van der Waals surface area contributed by atoms with Crippen LogP contribution >= 0.6 is 11.3 Å². The van der Waals surface area contributed by atoms with E-state index in [0.29, 0.717) is 5.01 Å². The van der Waals surface area contributed by atoms with Gasteiger partial charge in [-0.25, -0.2) is 18.2 Å². The molecule has 11 heteroatoms. The molecule has 0 radical (unpaired) electrons. The maximum absolute atomic E-state index is 13.1. The lowest BCUT2D eigenvalue weighted by atomic mass is 10.1. The van der Waals surface area contributed by atoms with Crippen LogP contribution in [0.3, 0.4) is 0 Å². The number of aromatic carboxylic acids is 1. The van der Waals surface area contributed by atoms with Crippen LogP contribution in [0.25, 0.3) is 10.6 Å². The van der Waals surface area contributed by atoms with E-state index in [4.69, 9.17) is 5.11 Å². The third-order valence-electron chi connectivity index (χ3n) is 5.56. The normalized spacial score (nSPS) is 13.6. The Morgan fingerprint density at radius 1 is 0.972 bits per heavy atom. The van der Waals surface area contributed by atoms with Crippen molar-refractivity contribution in [3.63, 3.8) is 0 Å². The molecule has 0 unspecified atom stereocenters. The molecular weight excluding hydrogens is 502 g/mol. The summed E-state index contributed by atoms with van der Waals surface area (Å²) < 4.78 is 26.2. The summed E-state index contributed by atoms with van der Waals surface area (Å²) in [6.45, 7) is 0.177. The fraction of sp³-hybridized carbons (Fsp3) is 0.0400. The molecule has 0 aliphatic carbocycles. The minimum atomic E-state index is -3.95. The van der Waals surface area contributed by atoms with Crippen LogP contribution in [0.1, 0.15) is 36.0 Å². The third-order valence-corrected chi connectivity index (χ3v) is 8.47. The van der Waals surface area contributed by atoms with Crippen molar-refractivity contribution < 1.29 is 27.9 Å². The zero-order valence-electron chi connectivity index (χ0n) is 18.4. The van der Waals surface area contributed by atoms with Crippen molar-refractivity contribution in [2.45, 2.75) is 16.3 Å². The molecule has 3 aromatic carbocycles. The maximum atomic E-state index is 13.1. The van der Waals surface area contributed by atoms with Crippen LogP contribution in [-0.2, 0) is 16.4 Å². The Balaban J connectivity index is 1.33. The molecule has 5 rings (SSSR count). The summed E-state index contributed by atoms with van der Waals surface area (Å²) in [6.07, 6.45) is 1.62. The summed E-state index contributed by atoms with van der Waals surface area (Å²) in [6, 6.07) is 16.3. The van der Waals surface area contributed by atoms with Gasteiger partial charge in [-0.15, -0.1) is 11.3 Å². The molecular formula is C25H17N3O6S2. The number of hydrogen-bond acceptors (Lipinski definition) is 7. The first kappa shape index (κ1) is 23.4. The number of carbonyl (C=O) groups excluding carboxylic acids is 2. The fourth-order valence-corrected chi connectivity index (χ4v) is 6.20. The smallest absolute Gasteiger partial charge is 0.335 e. The van der Waals surface area contributed by atoms with Gasteiger partial charge in [0.15, 0.2) is 0 Å². The second kappa shape index (κ2) is 9.02. The molecule has 3 N–H and O–H groups in total. The molecule has 0 saturated heterocycles. The molecule has 4 aromatic rings. The number of rotatable bonds is 5. The van der Waals surface area contributed by atoms with Crippen molar-refractivity contribution in [2.24, 2.45) is 0 Å². The van der Waals surface area contributed by atoms with Gasteiger partial charge >= 0.3 is 5.97 Å². The van der Waals surface area contributed by atoms with Crippen LogP contribution in [0.15, 0.2) is 82.7 Å². The van der Waals surface area contributed by atoms with Gasteiger partial charge in [0.2, 0.25) is 9.84 Å². The second-order valence-electron chi connectivity index (χ2n) is 7.86. The summed E-state index contributed by atoms with van der Waals surface area (Å²) >= 11 is 1.35. The Morgan fingerprint density at radius 2 is 1.69 bits per heavy atom. The standard InChI is InChI=1S/C25H17N3O6S2/c29-22(26-12-17-13-27-24(35-17)14-5-7-15(8-6-14)25(31)32)16-9-10-21-19(11-16)28-23(30)18-3-1-2-4-20(18)36(21,33)34/h1-11,13H,12H2,(H,26,29)(H,28,30)(H,31,32). The molecule has 0 bridgehead atoms. The number of carboxylic acid groups (broad SMARTS) is 1. The number of fused-ring (bicyclic) bond motifs is 2. The van der Waals surface area contributed by atoms with E-state index in [1.165, 1.54) is 53.8 Å². The van der Waals surface area contributed by atoms with Crippen molar-refractivity contribution in [3.05, 3.63) is 94.5 Å². The lowest BCUT2D eigenvalue weighted by Crippen LogP contribution is -2.22. The zero-order valence-corrected chi connectivity index (χ0v) is 20.0. The number of amides is 2. The highest BCUT2D eigenvalue weighted by Crippen LogP contribution is 2.34. The lowest BCUT2D eigenvalue weighted by Gasteiger charge is -2.10. The summed E-state index contributed by atoms with van der Waals surface area (Å²) in [5.41, 5.74) is 1.19. The number of benzene rings is 3. The Morgan fingerprint density at radius 3 is 2.44 bits per heavy atom. The monoisotopic (exact) mass is 519 g/mol. The minimum absolute atomic E-state index is 0.0359. The molecule has 9 nitrogen and oxygen atoms in total. The van der Waals surface area contributed by atoms with Crippen molar-refractivity contribution in [2.75, 3.05) is 5.32 Å². The highest BCUT2D eigenvalue weighted by molar-refractivity contribution is 7.91. The molecule has 2 amide bonds. The van der Waals surface area contributed by atoms with Crippen molar-refractivity contribution in [3.8, 4) is 10.6 Å². The molecule has 0 atom stereocenters. The first-order valence-corrected chi connectivity index (χ1v) is 12.9. The first-order valence-electron chi connectivity index (χ1n) is 10.6. The van der Waals surface area contributed by atoms with Gasteiger partial charge in [-0.05, 0) is 42.5 Å². The van der Waals surface area contributed by atoms with E-state index in [9.17, 15) is 22.8 Å². The number of anilines is 1. The predicted octanol–water partition coefficient (Wildman–Crippen LogP) is 3.84. The summed E-state index contributed by atoms with van der Waals surface area (Å²) in [5, 5.41) is 15.1. The Hall–Kier alpha value is -4.35. The molecule has 0 saturated carbocycles. The average Bonchev–Trinajstić information content (AvgIpc) is 3.33. The molecule has 1 aromatic heterocycles. The van der Waals surface area contributed by atoms with Gasteiger partial charge in [-0.2, -0.15) is 0 Å². The van der Waals surface area contributed by atoms with Crippen molar-refractivity contribution in [1.29, 1.82) is 0 Å². The van der Waals surface area contributed by atoms with Crippen LogP contribution < -0.4 is 10.6 Å². The maximum Gasteiger partial charge on any atom is 0.335 e. The molecule has 0 fully saturated rings. The number of aromatic nitrogens is 1. The quantitative estimate of drug-likeness (QED) is 0.364.